The van der Waals surface area contributed by atoms with Gasteiger partial charge in [0.15, 0.2) is 0 Å². The Bertz CT molecular complexity index is 268. The zero-order valence-corrected chi connectivity index (χ0v) is 13.2. The zero-order valence-electron chi connectivity index (χ0n) is 13.2. The first-order chi connectivity index (χ1) is 8.99. The van der Waals surface area contributed by atoms with Gasteiger partial charge in [0.1, 0.15) is 0 Å². The Morgan fingerprint density at radius 2 is 2.00 bits per heavy atom. The summed E-state index contributed by atoms with van der Waals surface area (Å²) in [5.74, 6) is 0.771. The first-order valence-electron chi connectivity index (χ1n) is 8.05. The number of amides is 1. The van der Waals surface area contributed by atoms with Crippen molar-refractivity contribution in [2.45, 2.75) is 78.3 Å². The van der Waals surface area contributed by atoms with Crippen molar-refractivity contribution in [1.29, 1.82) is 0 Å². The highest BCUT2D eigenvalue weighted by Crippen LogP contribution is 2.31. The monoisotopic (exact) mass is 268 g/mol. The first-order valence-corrected chi connectivity index (χ1v) is 8.05. The number of rotatable bonds is 6. The number of hydrogen-bond acceptors (Lipinski definition) is 2. The molecule has 19 heavy (non-hydrogen) atoms. The minimum absolute atomic E-state index is 0.0396. The summed E-state index contributed by atoms with van der Waals surface area (Å²) in [6.45, 7) is 9.50. The lowest BCUT2D eigenvalue weighted by molar-refractivity contribution is -0.140. The van der Waals surface area contributed by atoms with Gasteiger partial charge in [0, 0.05) is 18.6 Å². The molecule has 0 radical (unpaired) electrons. The lowest BCUT2D eigenvalue weighted by Gasteiger charge is -2.38. The molecule has 1 amide bonds. The predicted molar refractivity (Wildman–Crippen MR) is 80.9 cm³/mol. The molecule has 1 aliphatic carbocycles. The SMILES string of the molecule is CCCCCN(C(=O)C1C(C)CCCC1N)C(C)C. The topological polar surface area (TPSA) is 46.3 Å². The summed E-state index contributed by atoms with van der Waals surface area (Å²) in [5, 5.41) is 0. The molecular weight excluding hydrogens is 236 g/mol. The normalized spacial score (nSPS) is 27.6. The summed E-state index contributed by atoms with van der Waals surface area (Å²) in [4.78, 5) is 14.9. The van der Waals surface area contributed by atoms with Gasteiger partial charge in [0.05, 0.1) is 5.92 Å². The summed E-state index contributed by atoms with van der Waals surface area (Å²) in [5.41, 5.74) is 6.22. The Kier molecular flexibility index (Phi) is 6.84. The van der Waals surface area contributed by atoms with Crippen LogP contribution in [0.25, 0.3) is 0 Å². The van der Waals surface area contributed by atoms with Gasteiger partial charge in [0.2, 0.25) is 5.91 Å². The molecule has 3 heteroatoms. The van der Waals surface area contributed by atoms with Gasteiger partial charge in [-0.1, -0.05) is 33.1 Å². The quantitative estimate of drug-likeness (QED) is 0.752. The van der Waals surface area contributed by atoms with E-state index >= 15 is 0 Å². The average molecular weight is 268 g/mol. The van der Waals surface area contributed by atoms with Crippen molar-refractivity contribution < 1.29 is 4.79 Å². The molecule has 0 aromatic heterocycles. The predicted octanol–water partition coefficient (Wildman–Crippen LogP) is 3.18. The molecule has 0 bridgehead atoms. The highest BCUT2D eigenvalue weighted by Gasteiger charge is 2.36. The minimum Gasteiger partial charge on any atom is -0.340 e. The van der Waals surface area contributed by atoms with E-state index in [1.54, 1.807) is 0 Å². The number of nitrogens with zero attached hydrogens (tertiary/aromatic N) is 1. The van der Waals surface area contributed by atoms with Crippen molar-refractivity contribution in [3.63, 3.8) is 0 Å². The van der Waals surface area contributed by atoms with Crippen LogP contribution in [-0.4, -0.2) is 29.4 Å². The molecule has 3 unspecified atom stereocenters. The van der Waals surface area contributed by atoms with E-state index in [0.717, 1.165) is 25.8 Å². The molecule has 0 saturated heterocycles. The largest absolute Gasteiger partial charge is 0.340 e. The molecule has 0 heterocycles. The number of unbranched alkanes of at least 4 members (excludes halogenated alkanes) is 2. The van der Waals surface area contributed by atoms with Crippen LogP contribution in [0, 0.1) is 11.8 Å². The second kappa shape index (κ2) is 7.88. The fourth-order valence-corrected chi connectivity index (χ4v) is 3.23. The molecule has 112 valence electrons. The molecule has 2 N–H and O–H groups in total. The first kappa shape index (κ1) is 16.5. The average Bonchev–Trinajstić information content (AvgIpc) is 2.33. The smallest absolute Gasteiger partial charge is 0.227 e. The van der Waals surface area contributed by atoms with Gasteiger partial charge >= 0.3 is 0 Å². The number of nitrogens with two attached hydrogens (primary N) is 1. The molecule has 1 saturated carbocycles. The van der Waals surface area contributed by atoms with Crippen molar-refractivity contribution in [2.24, 2.45) is 17.6 Å². The lowest BCUT2D eigenvalue weighted by Crippen LogP contribution is -2.51. The molecule has 1 fully saturated rings. The van der Waals surface area contributed by atoms with Crippen LogP contribution < -0.4 is 5.73 Å². The van der Waals surface area contributed by atoms with Gasteiger partial charge in [-0.05, 0) is 39.0 Å². The Labute approximate surface area is 118 Å². The van der Waals surface area contributed by atoms with Gasteiger partial charge in [-0.25, -0.2) is 0 Å². The molecular formula is C16H32N2O. The van der Waals surface area contributed by atoms with Crippen LogP contribution in [-0.2, 0) is 4.79 Å². The van der Waals surface area contributed by atoms with Crippen LogP contribution in [0.2, 0.25) is 0 Å². The number of carbonyl (C=O) groups is 1. The number of carbonyl (C=O) groups excluding carboxylic acids is 1. The second-order valence-corrected chi connectivity index (χ2v) is 6.43. The molecule has 0 aromatic rings. The summed E-state index contributed by atoms with van der Waals surface area (Å²) >= 11 is 0. The van der Waals surface area contributed by atoms with E-state index in [4.69, 9.17) is 5.73 Å². The van der Waals surface area contributed by atoms with Crippen molar-refractivity contribution in [3.8, 4) is 0 Å². The molecule has 1 aliphatic rings. The summed E-state index contributed by atoms with van der Waals surface area (Å²) in [6, 6.07) is 0.342. The minimum atomic E-state index is 0.0396. The van der Waals surface area contributed by atoms with Crippen LogP contribution in [0.4, 0.5) is 0 Å². The van der Waals surface area contributed by atoms with Crippen molar-refractivity contribution >= 4 is 5.91 Å². The maximum absolute atomic E-state index is 12.8. The molecule has 0 aromatic carbocycles. The molecule has 1 rings (SSSR count). The fraction of sp³-hybridized carbons (Fsp3) is 0.938. The summed E-state index contributed by atoms with van der Waals surface area (Å²) in [6.07, 6.45) is 6.81. The van der Waals surface area contributed by atoms with Crippen LogP contribution >= 0.6 is 0 Å². The van der Waals surface area contributed by atoms with Crippen molar-refractivity contribution in [3.05, 3.63) is 0 Å². The highest BCUT2D eigenvalue weighted by molar-refractivity contribution is 5.80. The van der Waals surface area contributed by atoms with E-state index in [1.165, 1.54) is 19.3 Å². The molecule has 0 aliphatic heterocycles. The van der Waals surface area contributed by atoms with Crippen molar-refractivity contribution in [1.82, 2.24) is 4.90 Å². The third-order valence-corrected chi connectivity index (χ3v) is 4.47. The summed E-state index contributed by atoms with van der Waals surface area (Å²) in [7, 11) is 0. The standard InChI is InChI=1S/C16H32N2O/c1-5-6-7-11-18(12(2)3)16(19)15-13(4)9-8-10-14(15)17/h12-15H,5-11,17H2,1-4H3. The maximum Gasteiger partial charge on any atom is 0.227 e. The van der Waals surface area contributed by atoms with Crippen LogP contribution in [0.5, 0.6) is 0 Å². The van der Waals surface area contributed by atoms with Crippen LogP contribution in [0.3, 0.4) is 0 Å². The van der Waals surface area contributed by atoms with E-state index in [0.29, 0.717) is 11.8 Å². The third kappa shape index (κ3) is 4.48. The Hall–Kier alpha value is -0.570. The highest BCUT2D eigenvalue weighted by atomic mass is 16.2. The summed E-state index contributed by atoms with van der Waals surface area (Å²) < 4.78 is 0. The molecule has 0 spiro atoms. The van der Waals surface area contributed by atoms with Gasteiger partial charge in [0.25, 0.3) is 0 Å². The van der Waals surface area contributed by atoms with E-state index in [-0.39, 0.29) is 18.0 Å². The van der Waals surface area contributed by atoms with Gasteiger partial charge in [-0.2, -0.15) is 0 Å². The number of hydrogen-bond donors (Lipinski definition) is 1. The van der Waals surface area contributed by atoms with Crippen LogP contribution in [0.15, 0.2) is 0 Å². The van der Waals surface area contributed by atoms with Crippen molar-refractivity contribution in [2.75, 3.05) is 6.54 Å². The second-order valence-electron chi connectivity index (χ2n) is 6.43. The molecule has 3 atom stereocenters. The van der Waals surface area contributed by atoms with Gasteiger partial charge < -0.3 is 10.6 Å². The van der Waals surface area contributed by atoms with E-state index in [2.05, 4.69) is 32.6 Å². The Morgan fingerprint density at radius 1 is 1.32 bits per heavy atom. The zero-order chi connectivity index (χ0) is 14.4. The fourth-order valence-electron chi connectivity index (χ4n) is 3.23. The van der Waals surface area contributed by atoms with Crippen LogP contribution in [0.1, 0.15) is 66.2 Å². The maximum atomic E-state index is 12.8. The van der Waals surface area contributed by atoms with Gasteiger partial charge in [-0.15, -0.1) is 0 Å². The Morgan fingerprint density at radius 3 is 2.53 bits per heavy atom. The lowest BCUT2D eigenvalue weighted by atomic mass is 9.76. The van der Waals surface area contributed by atoms with Gasteiger partial charge in [-0.3, -0.25) is 4.79 Å². The Balaban J connectivity index is 2.68. The molecule has 3 nitrogen and oxygen atoms in total. The van der Waals surface area contributed by atoms with E-state index < -0.39 is 0 Å². The third-order valence-electron chi connectivity index (χ3n) is 4.47. The van der Waals surface area contributed by atoms with E-state index in [9.17, 15) is 4.79 Å². The van der Waals surface area contributed by atoms with E-state index in [1.807, 2.05) is 0 Å².